The van der Waals surface area contributed by atoms with E-state index in [1.165, 1.54) is 6.07 Å². The molecule has 0 saturated heterocycles. The molecule has 2 rings (SSSR count). The van der Waals surface area contributed by atoms with E-state index in [0.717, 1.165) is 18.3 Å². The van der Waals surface area contributed by atoms with Crippen molar-refractivity contribution in [3.8, 4) is 5.75 Å². The van der Waals surface area contributed by atoms with Crippen LogP contribution in [0.15, 0.2) is 35.2 Å². The lowest BCUT2D eigenvalue weighted by Crippen LogP contribution is -2.15. The molecular formula is C13H15NO4S. The minimum absolute atomic E-state index is 0.171. The summed E-state index contributed by atoms with van der Waals surface area (Å²) in [4.78, 5) is 1.67. The van der Waals surface area contributed by atoms with Crippen LogP contribution in [0.25, 0.3) is 10.8 Å². The molecule has 2 aromatic carbocycles. The summed E-state index contributed by atoms with van der Waals surface area (Å²) in [6.45, 7) is 2.80. The Hall–Kier alpha value is -1.79. The third-order valence-corrected chi connectivity index (χ3v) is 3.93. The number of fused-ring (bicyclic) bond motifs is 1. The number of rotatable bonds is 3. The van der Waals surface area contributed by atoms with Crippen LogP contribution in [0.1, 0.15) is 6.92 Å². The third-order valence-electron chi connectivity index (χ3n) is 3.10. The van der Waals surface area contributed by atoms with Crippen LogP contribution in [-0.2, 0) is 10.1 Å². The van der Waals surface area contributed by atoms with Gasteiger partial charge in [0.05, 0.1) is 4.90 Å². The Kier molecular flexibility index (Phi) is 3.38. The number of nitrogens with zero attached hydrogens (tertiary/aromatic N) is 1. The summed E-state index contributed by atoms with van der Waals surface area (Å²) in [6.07, 6.45) is 0. The number of hydrogen-bond donors (Lipinski definition) is 2. The van der Waals surface area contributed by atoms with Crippen molar-refractivity contribution in [3.63, 3.8) is 0 Å². The second-order valence-corrected chi connectivity index (χ2v) is 5.76. The van der Waals surface area contributed by atoms with Gasteiger partial charge in [0.25, 0.3) is 10.1 Å². The Labute approximate surface area is 111 Å². The van der Waals surface area contributed by atoms with Crippen molar-refractivity contribution in [1.82, 2.24) is 0 Å². The van der Waals surface area contributed by atoms with E-state index in [4.69, 9.17) is 4.55 Å². The highest BCUT2D eigenvalue weighted by molar-refractivity contribution is 7.85. The molecule has 0 fully saturated rings. The second-order valence-electron chi connectivity index (χ2n) is 4.34. The Balaban J connectivity index is 2.70. The fourth-order valence-corrected chi connectivity index (χ4v) is 2.42. The van der Waals surface area contributed by atoms with Gasteiger partial charge in [-0.2, -0.15) is 8.42 Å². The summed E-state index contributed by atoms with van der Waals surface area (Å²) in [6, 6.07) is 7.73. The quantitative estimate of drug-likeness (QED) is 0.844. The highest BCUT2D eigenvalue weighted by Gasteiger charge is 2.13. The van der Waals surface area contributed by atoms with Gasteiger partial charge in [-0.05, 0) is 36.6 Å². The van der Waals surface area contributed by atoms with Gasteiger partial charge in [0.2, 0.25) is 0 Å². The first-order valence-electron chi connectivity index (χ1n) is 5.78. The van der Waals surface area contributed by atoms with Crippen molar-refractivity contribution >= 4 is 26.6 Å². The average molecular weight is 281 g/mol. The van der Waals surface area contributed by atoms with E-state index in [9.17, 15) is 13.5 Å². The number of phenolic OH excluding ortho intramolecular Hbond substituents is 1. The first-order valence-corrected chi connectivity index (χ1v) is 7.22. The maximum absolute atomic E-state index is 11.1. The highest BCUT2D eigenvalue weighted by Crippen LogP contribution is 2.31. The first-order chi connectivity index (χ1) is 8.82. The lowest BCUT2D eigenvalue weighted by molar-refractivity contribution is 0.471. The molecule has 0 heterocycles. The van der Waals surface area contributed by atoms with Gasteiger partial charge in [-0.3, -0.25) is 4.55 Å². The van der Waals surface area contributed by atoms with Crippen LogP contribution in [0, 0.1) is 0 Å². The van der Waals surface area contributed by atoms with E-state index >= 15 is 0 Å². The fraction of sp³-hybridized carbons (Fsp3) is 0.231. The predicted octanol–water partition coefficient (Wildman–Crippen LogP) is 2.25. The van der Waals surface area contributed by atoms with Gasteiger partial charge in [0.1, 0.15) is 5.75 Å². The van der Waals surface area contributed by atoms with Gasteiger partial charge in [0.15, 0.2) is 0 Å². The number of benzene rings is 2. The zero-order valence-electron chi connectivity index (χ0n) is 10.7. The normalized spacial score (nSPS) is 11.7. The van der Waals surface area contributed by atoms with E-state index in [1.807, 2.05) is 24.9 Å². The summed E-state index contributed by atoms with van der Waals surface area (Å²) >= 11 is 0. The number of aromatic hydroxyl groups is 1. The monoisotopic (exact) mass is 281 g/mol. The van der Waals surface area contributed by atoms with Crippen molar-refractivity contribution in [3.05, 3.63) is 30.3 Å². The summed E-state index contributed by atoms with van der Waals surface area (Å²) < 4.78 is 31.3. The Morgan fingerprint density at radius 3 is 2.47 bits per heavy atom. The smallest absolute Gasteiger partial charge is 0.294 e. The minimum Gasteiger partial charge on any atom is -0.507 e. The maximum atomic E-state index is 11.1. The lowest BCUT2D eigenvalue weighted by atomic mass is 10.1. The van der Waals surface area contributed by atoms with Crippen LogP contribution in [0.4, 0.5) is 5.69 Å². The van der Waals surface area contributed by atoms with Crippen molar-refractivity contribution in [2.45, 2.75) is 11.8 Å². The minimum atomic E-state index is -4.33. The maximum Gasteiger partial charge on any atom is 0.294 e. The summed E-state index contributed by atoms with van der Waals surface area (Å²) in [5.74, 6) is -0.171. The molecule has 0 aliphatic carbocycles. The van der Waals surface area contributed by atoms with Crippen molar-refractivity contribution in [2.75, 3.05) is 18.5 Å². The molecule has 0 aliphatic heterocycles. The van der Waals surface area contributed by atoms with Gasteiger partial charge >= 0.3 is 0 Å². The molecule has 2 aromatic rings. The summed E-state index contributed by atoms with van der Waals surface area (Å²) in [5.41, 5.74) is 0.905. The molecule has 0 radical (unpaired) electrons. The molecule has 5 nitrogen and oxygen atoms in total. The number of anilines is 1. The van der Waals surface area contributed by atoms with Crippen LogP contribution in [0.5, 0.6) is 5.75 Å². The Morgan fingerprint density at radius 2 is 1.89 bits per heavy atom. The topological polar surface area (TPSA) is 77.8 Å². The van der Waals surface area contributed by atoms with E-state index in [-0.39, 0.29) is 10.6 Å². The van der Waals surface area contributed by atoms with Gasteiger partial charge in [0, 0.05) is 30.7 Å². The number of hydrogen-bond acceptors (Lipinski definition) is 4. The van der Waals surface area contributed by atoms with E-state index < -0.39 is 10.1 Å². The van der Waals surface area contributed by atoms with E-state index in [0.29, 0.717) is 10.8 Å². The molecule has 0 bridgehead atoms. The van der Waals surface area contributed by atoms with Crippen LogP contribution in [0.2, 0.25) is 0 Å². The van der Waals surface area contributed by atoms with Gasteiger partial charge in [-0.15, -0.1) is 0 Å². The molecular weight excluding hydrogens is 266 g/mol. The summed E-state index contributed by atoms with van der Waals surface area (Å²) in [5, 5.41) is 10.9. The summed E-state index contributed by atoms with van der Waals surface area (Å²) in [7, 11) is -2.42. The van der Waals surface area contributed by atoms with Gasteiger partial charge in [-0.25, -0.2) is 0 Å². The average Bonchev–Trinajstić information content (AvgIpc) is 2.36. The van der Waals surface area contributed by atoms with Crippen molar-refractivity contribution in [2.24, 2.45) is 0 Å². The fourth-order valence-electron chi connectivity index (χ4n) is 1.88. The molecule has 2 N–H and O–H groups in total. The molecule has 19 heavy (non-hydrogen) atoms. The molecule has 0 amide bonds. The Morgan fingerprint density at radius 1 is 1.21 bits per heavy atom. The Bertz CT molecular complexity index is 725. The molecule has 0 saturated carbocycles. The molecule has 0 atom stereocenters. The standard InChI is InChI=1S/C13H15NO4S/c1-3-14(2)10-4-5-12-9(6-10)7-11(8-13(12)15)19(16,17)18/h4-8,15H,3H2,1-2H3,(H,16,17,18). The first kappa shape index (κ1) is 13.6. The van der Waals surface area contributed by atoms with Gasteiger partial charge < -0.3 is 10.0 Å². The van der Waals surface area contributed by atoms with Gasteiger partial charge in [-0.1, -0.05) is 0 Å². The van der Waals surface area contributed by atoms with E-state index in [2.05, 4.69) is 0 Å². The van der Waals surface area contributed by atoms with Crippen molar-refractivity contribution < 1.29 is 18.1 Å². The lowest BCUT2D eigenvalue weighted by Gasteiger charge is -2.17. The SMILES string of the molecule is CCN(C)c1ccc2c(O)cc(S(=O)(=O)O)cc2c1. The zero-order valence-corrected chi connectivity index (χ0v) is 11.5. The zero-order chi connectivity index (χ0) is 14.2. The van der Waals surface area contributed by atoms with Crippen LogP contribution < -0.4 is 4.90 Å². The molecule has 102 valence electrons. The van der Waals surface area contributed by atoms with E-state index in [1.54, 1.807) is 12.1 Å². The number of phenols is 1. The largest absolute Gasteiger partial charge is 0.507 e. The van der Waals surface area contributed by atoms with Crippen LogP contribution in [-0.4, -0.2) is 31.7 Å². The molecule has 0 unspecified atom stereocenters. The van der Waals surface area contributed by atoms with Crippen LogP contribution >= 0.6 is 0 Å². The molecule has 6 heteroatoms. The van der Waals surface area contributed by atoms with Crippen molar-refractivity contribution in [1.29, 1.82) is 0 Å². The predicted molar refractivity (Wildman–Crippen MR) is 74.4 cm³/mol. The van der Waals surface area contributed by atoms with Crippen LogP contribution in [0.3, 0.4) is 0 Å². The second kappa shape index (κ2) is 4.71. The third kappa shape index (κ3) is 2.64. The molecule has 0 aromatic heterocycles. The molecule has 0 aliphatic rings. The highest BCUT2D eigenvalue weighted by atomic mass is 32.2. The molecule has 0 spiro atoms.